The molecular formula is C13H25N3OS. The second-order valence-corrected chi connectivity index (χ2v) is 5.78. The fourth-order valence-electron chi connectivity index (χ4n) is 1.69. The number of nitrogens with zero attached hydrogens (tertiary/aromatic N) is 1. The normalized spacial score (nSPS) is 23.5. The minimum atomic E-state index is 0.0987. The van der Waals surface area contributed by atoms with Crippen LogP contribution in [0.3, 0.4) is 0 Å². The van der Waals surface area contributed by atoms with E-state index in [4.69, 9.17) is 0 Å². The highest BCUT2D eigenvalue weighted by atomic mass is 32.2. The maximum atomic E-state index is 11.6. The molecule has 0 aromatic carbocycles. The lowest BCUT2D eigenvalue weighted by molar-refractivity contribution is -0.121. The minimum absolute atomic E-state index is 0.0987. The summed E-state index contributed by atoms with van der Waals surface area (Å²) in [4.78, 5) is 16.0. The third kappa shape index (κ3) is 5.76. The van der Waals surface area contributed by atoms with Gasteiger partial charge in [0.2, 0.25) is 5.91 Å². The smallest absolute Gasteiger partial charge is 0.222 e. The molecular weight excluding hydrogens is 246 g/mol. The van der Waals surface area contributed by atoms with Crippen LogP contribution in [0.5, 0.6) is 0 Å². The van der Waals surface area contributed by atoms with Crippen LogP contribution in [0.25, 0.3) is 0 Å². The van der Waals surface area contributed by atoms with Crippen LogP contribution in [0.4, 0.5) is 0 Å². The zero-order valence-electron chi connectivity index (χ0n) is 11.7. The highest BCUT2D eigenvalue weighted by Gasteiger charge is 2.15. The molecule has 1 fully saturated rings. The first-order valence-corrected chi connectivity index (χ1v) is 7.87. The minimum Gasteiger partial charge on any atom is -0.362 e. The summed E-state index contributed by atoms with van der Waals surface area (Å²) < 4.78 is 0. The van der Waals surface area contributed by atoms with Gasteiger partial charge in [-0.05, 0) is 26.2 Å². The maximum Gasteiger partial charge on any atom is 0.222 e. The van der Waals surface area contributed by atoms with Crippen LogP contribution in [0.1, 0.15) is 46.5 Å². The lowest BCUT2D eigenvalue weighted by Crippen LogP contribution is -2.37. The summed E-state index contributed by atoms with van der Waals surface area (Å²) in [5, 5.41) is 7.37. The molecule has 0 aromatic heterocycles. The number of nitrogens with one attached hydrogen (secondary N) is 2. The molecule has 0 spiro atoms. The number of thioether (sulfide) groups is 1. The molecule has 2 N–H and O–H groups in total. The van der Waals surface area contributed by atoms with Crippen molar-refractivity contribution in [2.75, 3.05) is 12.3 Å². The number of carbonyl (C=O) groups is 1. The van der Waals surface area contributed by atoms with Gasteiger partial charge in [-0.25, -0.2) is 0 Å². The van der Waals surface area contributed by atoms with Gasteiger partial charge in [0.1, 0.15) is 0 Å². The van der Waals surface area contributed by atoms with Crippen LogP contribution in [-0.2, 0) is 4.79 Å². The number of rotatable bonds is 6. The van der Waals surface area contributed by atoms with Crippen molar-refractivity contribution in [3.8, 4) is 0 Å². The van der Waals surface area contributed by atoms with Crippen molar-refractivity contribution in [3.05, 3.63) is 0 Å². The van der Waals surface area contributed by atoms with Crippen molar-refractivity contribution in [2.24, 2.45) is 4.99 Å². The van der Waals surface area contributed by atoms with Crippen LogP contribution < -0.4 is 10.6 Å². The Morgan fingerprint density at radius 3 is 3.06 bits per heavy atom. The van der Waals surface area contributed by atoms with Crippen LogP contribution in [0.2, 0.25) is 0 Å². The van der Waals surface area contributed by atoms with Gasteiger partial charge in [0, 0.05) is 24.3 Å². The topological polar surface area (TPSA) is 53.5 Å². The Bertz CT molecular complexity index is 294. The molecule has 0 aliphatic carbocycles. The molecule has 1 saturated heterocycles. The number of hydrogen-bond acceptors (Lipinski definition) is 3. The predicted octanol–water partition coefficient (Wildman–Crippen LogP) is 2.15. The van der Waals surface area contributed by atoms with Gasteiger partial charge < -0.3 is 10.6 Å². The molecule has 0 radical (unpaired) electrons. The molecule has 18 heavy (non-hydrogen) atoms. The Hall–Kier alpha value is -0.710. The molecule has 0 saturated carbocycles. The molecule has 104 valence electrons. The van der Waals surface area contributed by atoms with Crippen molar-refractivity contribution in [3.63, 3.8) is 0 Å². The maximum absolute atomic E-state index is 11.6. The van der Waals surface area contributed by atoms with Gasteiger partial charge in [-0.15, -0.1) is 0 Å². The number of carbonyl (C=O) groups excluding carboxylic acids is 1. The predicted molar refractivity (Wildman–Crippen MR) is 79.1 cm³/mol. The van der Waals surface area contributed by atoms with E-state index in [-0.39, 0.29) is 11.9 Å². The average Bonchev–Trinajstić information content (AvgIpc) is 2.38. The summed E-state index contributed by atoms with van der Waals surface area (Å²) in [6, 6.07) is 0.816. The monoisotopic (exact) mass is 271 g/mol. The molecule has 1 heterocycles. The third-order valence-corrected chi connectivity index (χ3v) is 4.10. The van der Waals surface area contributed by atoms with Gasteiger partial charge in [-0.3, -0.25) is 9.79 Å². The highest BCUT2D eigenvalue weighted by Crippen LogP contribution is 2.15. The number of amides is 1. The van der Waals surface area contributed by atoms with E-state index in [1.54, 1.807) is 11.8 Å². The first-order chi connectivity index (χ1) is 8.65. The Morgan fingerprint density at radius 1 is 1.61 bits per heavy atom. The summed E-state index contributed by atoms with van der Waals surface area (Å²) in [6.07, 6.45) is 3.78. The van der Waals surface area contributed by atoms with Gasteiger partial charge in [-0.1, -0.05) is 25.6 Å². The largest absolute Gasteiger partial charge is 0.362 e. The van der Waals surface area contributed by atoms with Gasteiger partial charge in [0.25, 0.3) is 0 Å². The number of hydrogen-bond donors (Lipinski definition) is 2. The fourth-order valence-corrected chi connectivity index (χ4v) is 2.72. The van der Waals surface area contributed by atoms with Crippen molar-refractivity contribution >= 4 is 22.8 Å². The average molecular weight is 271 g/mol. The summed E-state index contributed by atoms with van der Waals surface area (Å²) in [6.45, 7) is 6.85. The number of aliphatic imine (C=N–C) groups is 1. The third-order valence-electron chi connectivity index (χ3n) is 3.14. The number of amidine groups is 1. The lowest BCUT2D eigenvalue weighted by atomic mass is 10.2. The Kier molecular flexibility index (Phi) is 7.16. The van der Waals surface area contributed by atoms with Crippen molar-refractivity contribution in [1.82, 2.24) is 10.6 Å². The first-order valence-electron chi connectivity index (χ1n) is 6.88. The second kappa shape index (κ2) is 8.40. The molecule has 5 heteroatoms. The summed E-state index contributed by atoms with van der Waals surface area (Å²) >= 11 is 1.76. The Labute approximate surface area is 114 Å². The van der Waals surface area contributed by atoms with Gasteiger partial charge >= 0.3 is 0 Å². The summed E-state index contributed by atoms with van der Waals surface area (Å²) in [7, 11) is 0. The molecule has 2 atom stereocenters. The quantitative estimate of drug-likeness (QED) is 0.778. The molecule has 4 nitrogen and oxygen atoms in total. The van der Waals surface area contributed by atoms with E-state index in [1.165, 1.54) is 6.42 Å². The molecule has 2 unspecified atom stereocenters. The van der Waals surface area contributed by atoms with E-state index >= 15 is 0 Å². The van der Waals surface area contributed by atoms with Gasteiger partial charge in [0.05, 0.1) is 6.54 Å². The standard InChI is InChI=1S/C13H25N3OS/c1-4-10(3)15-12(17)6-8-14-13-16-11(5-2)7-9-18-13/h10-11H,4-9H2,1-3H3,(H,14,16)(H,15,17). The molecule has 1 amide bonds. The van der Waals surface area contributed by atoms with Crippen LogP contribution in [0, 0.1) is 0 Å². The zero-order valence-corrected chi connectivity index (χ0v) is 12.5. The summed E-state index contributed by atoms with van der Waals surface area (Å²) in [5.74, 6) is 1.23. The highest BCUT2D eigenvalue weighted by molar-refractivity contribution is 8.13. The molecule has 1 aliphatic heterocycles. The van der Waals surface area contributed by atoms with E-state index < -0.39 is 0 Å². The van der Waals surface area contributed by atoms with Crippen LogP contribution in [-0.4, -0.2) is 35.5 Å². The van der Waals surface area contributed by atoms with E-state index in [1.807, 2.05) is 6.92 Å². The van der Waals surface area contributed by atoms with Crippen molar-refractivity contribution < 1.29 is 4.79 Å². The molecule has 0 bridgehead atoms. The molecule has 0 aromatic rings. The van der Waals surface area contributed by atoms with E-state index in [9.17, 15) is 4.79 Å². The van der Waals surface area contributed by atoms with Crippen LogP contribution in [0.15, 0.2) is 4.99 Å². The Balaban J connectivity index is 2.25. The van der Waals surface area contributed by atoms with Gasteiger partial charge in [0.15, 0.2) is 5.17 Å². The zero-order chi connectivity index (χ0) is 13.4. The lowest BCUT2D eigenvalue weighted by Gasteiger charge is -2.24. The molecule has 1 rings (SSSR count). The Morgan fingerprint density at radius 2 is 2.39 bits per heavy atom. The van der Waals surface area contributed by atoms with E-state index in [2.05, 4.69) is 29.5 Å². The van der Waals surface area contributed by atoms with E-state index in [0.717, 1.165) is 23.8 Å². The SMILES string of the molecule is CCC(C)NC(=O)CCN=C1NC(CC)CCS1. The van der Waals surface area contributed by atoms with Crippen LogP contribution >= 0.6 is 11.8 Å². The van der Waals surface area contributed by atoms with E-state index in [0.29, 0.717) is 19.0 Å². The van der Waals surface area contributed by atoms with Gasteiger partial charge in [-0.2, -0.15) is 0 Å². The fraction of sp³-hybridized carbons (Fsp3) is 0.846. The van der Waals surface area contributed by atoms with Crippen molar-refractivity contribution in [1.29, 1.82) is 0 Å². The molecule has 1 aliphatic rings. The first kappa shape index (κ1) is 15.3. The second-order valence-electron chi connectivity index (χ2n) is 4.70. The summed E-state index contributed by atoms with van der Waals surface area (Å²) in [5.41, 5.74) is 0. The van der Waals surface area contributed by atoms with Crippen molar-refractivity contribution in [2.45, 2.75) is 58.5 Å².